The Morgan fingerprint density at radius 2 is 2.10 bits per heavy atom. The largest absolute Gasteiger partial charge is 0.396 e. The number of benzene rings is 1. The highest BCUT2D eigenvalue weighted by molar-refractivity contribution is 5.95. The lowest BCUT2D eigenvalue weighted by atomic mass is 9.89. The van der Waals surface area contributed by atoms with Gasteiger partial charge in [0.05, 0.1) is 4.92 Å². The van der Waals surface area contributed by atoms with Crippen LogP contribution in [0.3, 0.4) is 0 Å². The lowest BCUT2D eigenvalue weighted by Gasteiger charge is -2.24. The predicted molar refractivity (Wildman–Crippen MR) is 80.5 cm³/mol. The second-order valence-corrected chi connectivity index (χ2v) is 5.56. The summed E-state index contributed by atoms with van der Waals surface area (Å²) < 4.78 is 0. The van der Waals surface area contributed by atoms with Crippen LogP contribution in [0.4, 0.5) is 11.4 Å². The van der Waals surface area contributed by atoms with Crippen LogP contribution in [0.25, 0.3) is 0 Å². The van der Waals surface area contributed by atoms with Crippen molar-refractivity contribution in [1.82, 2.24) is 5.32 Å². The molecule has 1 aromatic carbocycles. The standard InChI is InChI=1S/C14H21N3O4/c1-14(2,6-7-18)9-16-11-8-10(13(19)15-3)4-5-12(11)17(20)21/h4-5,8,16,18H,6-7,9H2,1-3H3,(H,15,19). The monoisotopic (exact) mass is 295 g/mol. The second-order valence-electron chi connectivity index (χ2n) is 5.56. The Hall–Kier alpha value is -2.15. The zero-order valence-corrected chi connectivity index (χ0v) is 12.5. The predicted octanol–water partition coefficient (Wildman–Crippen LogP) is 1.77. The van der Waals surface area contributed by atoms with Crippen LogP contribution in [0.2, 0.25) is 0 Å². The Morgan fingerprint density at radius 1 is 1.43 bits per heavy atom. The van der Waals surface area contributed by atoms with Gasteiger partial charge >= 0.3 is 0 Å². The molecule has 0 heterocycles. The number of nitro benzene ring substituents is 1. The molecule has 0 aromatic heterocycles. The van der Waals surface area contributed by atoms with E-state index in [2.05, 4.69) is 10.6 Å². The van der Waals surface area contributed by atoms with Gasteiger partial charge in [-0.15, -0.1) is 0 Å². The SMILES string of the molecule is CNC(=O)c1ccc([N+](=O)[O-])c(NCC(C)(C)CCO)c1. The average Bonchev–Trinajstić information content (AvgIpc) is 2.43. The summed E-state index contributed by atoms with van der Waals surface area (Å²) in [4.78, 5) is 22.2. The highest BCUT2D eigenvalue weighted by atomic mass is 16.6. The lowest BCUT2D eigenvalue weighted by molar-refractivity contribution is -0.384. The van der Waals surface area contributed by atoms with E-state index in [0.29, 0.717) is 24.2 Å². The summed E-state index contributed by atoms with van der Waals surface area (Å²) in [5.74, 6) is -0.303. The van der Waals surface area contributed by atoms with E-state index in [9.17, 15) is 14.9 Å². The van der Waals surface area contributed by atoms with Gasteiger partial charge in [-0.1, -0.05) is 13.8 Å². The molecule has 7 nitrogen and oxygen atoms in total. The van der Waals surface area contributed by atoms with Crippen LogP contribution in [0, 0.1) is 15.5 Å². The van der Waals surface area contributed by atoms with Crippen LogP contribution in [0.5, 0.6) is 0 Å². The van der Waals surface area contributed by atoms with Crippen LogP contribution in [-0.4, -0.2) is 36.1 Å². The molecule has 1 rings (SSSR count). The Labute approximate surface area is 123 Å². The zero-order valence-electron chi connectivity index (χ0n) is 12.5. The lowest BCUT2D eigenvalue weighted by Crippen LogP contribution is -2.25. The molecule has 0 saturated heterocycles. The number of hydrogen-bond acceptors (Lipinski definition) is 5. The molecule has 0 aliphatic carbocycles. The molecule has 0 saturated carbocycles. The normalized spacial score (nSPS) is 11.0. The maximum absolute atomic E-state index is 11.6. The van der Waals surface area contributed by atoms with Gasteiger partial charge in [-0.25, -0.2) is 0 Å². The van der Waals surface area contributed by atoms with E-state index in [4.69, 9.17) is 5.11 Å². The average molecular weight is 295 g/mol. The van der Waals surface area contributed by atoms with Crippen molar-refractivity contribution in [2.24, 2.45) is 5.41 Å². The molecular formula is C14H21N3O4. The highest BCUT2D eigenvalue weighted by Gasteiger charge is 2.21. The maximum atomic E-state index is 11.6. The molecule has 1 amide bonds. The van der Waals surface area contributed by atoms with E-state index < -0.39 is 4.92 Å². The molecule has 3 N–H and O–H groups in total. The fourth-order valence-corrected chi connectivity index (χ4v) is 1.85. The van der Waals surface area contributed by atoms with Crippen LogP contribution in [0.15, 0.2) is 18.2 Å². The number of nitro groups is 1. The van der Waals surface area contributed by atoms with Crippen LogP contribution >= 0.6 is 0 Å². The summed E-state index contributed by atoms with van der Waals surface area (Å²) in [5, 5.41) is 25.5. The molecule has 0 fully saturated rings. The Bertz CT molecular complexity index is 529. The van der Waals surface area contributed by atoms with Crippen molar-refractivity contribution in [2.75, 3.05) is 25.5 Å². The van der Waals surface area contributed by atoms with Crippen molar-refractivity contribution >= 4 is 17.3 Å². The van der Waals surface area contributed by atoms with E-state index in [-0.39, 0.29) is 23.6 Å². The van der Waals surface area contributed by atoms with Gasteiger partial charge in [0, 0.05) is 31.8 Å². The first-order chi connectivity index (χ1) is 9.80. The van der Waals surface area contributed by atoms with E-state index in [1.54, 1.807) is 0 Å². The van der Waals surface area contributed by atoms with E-state index in [0.717, 1.165) is 0 Å². The zero-order chi connectivity index (χ0) is 16.0. The molecule has 0 unspecified atom stereocenters. The molecule has 116 valence electrons. The molecule has 1 aromatic rings. The number of aliphatic hydroxyl groups excluding tert-OH is 1. The van der Waals surface area contributed by atoms with Gasteiger partial charge in [0.1, 0.15) is 5.69 Å². The number of nitrogens with zero attached hydrogens (tertiary/aromatic N) is 1. The van der Waals surface area contributed by atoms with Gasteiger partial charge < -0.3 is 15.7 Å². The minimum atomic E-state index is -0.491. The van der Waals surface area contributed by atoms with Gasteiger partial charge in [0.2, 0.25) is 0 Å². The minimum absolute atomic E-state index is 0.0506. The fourth-order valence-electron chi connectivity index (χ4n) is 1.85. The molecule has 0 atom stereocenters. The van der Waals surface area contributed by atoms with Crippen LogP contribution in [0.1, 0.15) is 30.6 Å². The van der Waals surface area contributed by atoms with Gasteiger partial charge in [-0.2, -0.15) is 0 Å². The molecular weight excluding hydrogens is 274 g/mol. The second kappa shape index (κ2) is 7.03. The highest BCUT2D eigenvalue weighted by Crippen LogP contribution is 2.28. The van der Waals surface area contributed by atoms with Gasteiger partial charge in [-0.3, -0.25) is 14.9 Å². The summed E-state index contributed by atoms with van der Waals surface area (Å²) in [6.45, 7) is 4.40. The first kappa shape index (κ1) is 16.9. The Morgan fingerprint density at radius 3 is 2.62 bits per heavy atom. The van der Waals surface area contributed by atoms with Crippen molar-refractivity contribution in [1.29, 1.82) is 0 Å². The van der Waals surface area contributed by atoms with Crippen LogP contribution in [-0.2, 0) is 0 Å². The Kier molecular flexibility index (Phi) is 5.66. The molecule has 0 bridgehead atoms. The van der Waals surface area contributed by atoms with Crippen molar-refractivity contribution in [3.8, 4) is 0 Å². The van der Waals surface area contributed by atoms with Gasteiger partial charge in [0.25, 0.3) is 11.6 Å². The summed E-state index contributed by atoms with van der Waals surface area (Å²) >= 11 is 0. The molecule has 0 aliphatic heterocycles. The van der Waals surface area contributed by atoms with Crippen molar-refractivity contribution in [3.63, 3.8) is 0 Å². The smallest absolute Gasteiger partial charge is 0.292 e. The summed E-state index contributed by atoms with van der Waals surface area (Å²) in [5.41, 5.74) is 0.353. The van der Waals surface area contributed by atoms with E-state index in [1.165, 1.54) is 25.2 Å². The summed E-state index contributed by atoms with van der Waals surface area (Å²) in [6.07, 6.45) is 0.572. The number of anilines is 1. The van der Waals surface area contributed by atoms with Gasteiger partial charge in [-0.05, 0) is 24.0 Å². The van der Waals surface area contributed by atoms with Crippen molar-refractivity contribution in [2.45, 2.75) is 20.3 Å². The third-order valence-electron chi connectivity index (χ3n) is 3.23. The number of rotatable bonds is 7. The molecule has 0 radical (unpaired) electrons. The molecule has 7 heteroatoms. The fraction of sp³-hybridized carbons (Fsp3) is 0.500. The molecule has 0 aliphatic rings. The topological polar surface area (TPSA) is 104 Å². The first-order valence-corrected chi connectivity index (χ1v) is 6.66. The third-order valence-corrected chi connectivity index (χ3v) is 3.23. The van der Waals surface area contributed by atoms with Crippen molar-refractivity contribution < 1.29 is 14.8 Å². The quantitative estimate of drug-likeness (QED) is 0.525. The van der Waals surface area contributed by atoms with Crippen LogP contribution < -0.4 is 10.6 Å². The number of amides is 1. The number of nitrogens with one attached hydrogen (secondary N) is 2. The molecule has 21 heavy (non-hydrogen) atoms. The number of aliphatic hydroxyl groups is 1. The third kappa shape index (κ3) is 4.71. The van der Waals surface area contributed by atoms with E-state index in [1.807, 2.05) is 13.8 Å². The molecule has 0 spiro atoms. The van der Waals surface area contributed by atoms with Crippen molar-refractivity contribution in [3.05, 3.63) is 33.9 Å². The van der Waals surface area contributed by atoms with E-state index >= 15 is 0 Å². The summed E-state index contributed by atoms with van der Waals surface area (Å²) in [6, 6.07) is 4.19. The first-order valence-electron chi connectivity index (χ1n) is 6.66. The number of carbonyl (C=O) groups is 1. The number of carbonyl (C=O) groups excluding carboxylic acids is 1. The maximum Gasteiger partial charge on any atom is 0.292 e. The summed E-state index contributed by atoms with van der Waals surface area (Å²) in [7, 11) is 1.50. The Balaban J connectivity index is 3.01. The number of hydrogen-bond donors (Lipinski definition) is 3. The van der Waals surface area contributed by atoms with Gasteiger partial charge in [0.15, 0.2) is 0 Å². The minimum Gasteiger partial charge on any atom is -0.396 e.